The normalized spacial score (nSPS) is 18.8. The number of hydrogen-bond acceptors (Lipinski definition) is 7. The van der Waals surface area contributed by atoms with Gasteiger partial charge in [0.1, 0.15) is 0 Å². The number of rotatable bonds is 4. The zero-order valence-corrected chi connectivity index (χ0v) is 16.8. The maximum atomic E-state index is 12.6. The lowest BCUT2D eigenvalue weighted by Gasteiger charge is -2.26. The molecule has 0 radical (unpaired) electrons. The number of benzene rings is 1. The highest BCUT2D eigenvalue weighted by Crippen LogP contribution is 2.20. The molecule has 2 fully saturated rings. The minimum atomic E-state index is -3.54. The number of carbonyl (C=O) groups is 1. The summed E-state index contributed by atoms with van der Waals surface area (Å²) >= 11 is 11.5. The Balaban J connectivity index is 1.63. The van der Waals surface area contributed by atoms with E-state index in [1.54, 1.807) is 12.1 Å². The van der Waals surface area contributed by atoms with Crippen LogP contribution in [-0.4, -0.2) is 65.1 Å². The molecule has 2 saturated heterocycles. The van der Waals surface area contributed by atoms with Crippen molar-refractivity contribution in [3.05, 3.63) is 24.3 Å². The molecule has 1 aromatic carbocycles. The molecule has 0 atom stereocenters. The van der Waals surface area contributed by atoms with Crippen LogP contribution in [0.3, 0.4) is 0 Å². The van der Waals surface area contributed by atoms with Crippen molar-refractivity contribution in [1.82, 2.24) is 14.7 Å². The van der Waals surface area contributed by atoms with Gasteiger partial charge in [-0.25, -0.2) is 13.4 Å². The molecule has 12 heteroatoms. The number of carbonyl (C=O) groups excluding carboxylic acids is 1. The molecular formula is C14H16N4O4S4. The van der Waals surface area contributed by atoms with Crippen LogP contribution in [0.4, 0.5) is 5.69 Å². The first-order valence-corrected chi connectivity index (χ1v) is 10.9. The number of nitrogens with one attached hydrogen (secondary N) is 2. The number of hydrogen-bond donors (Lipinski definition) is 2. The minimum absolute atomic E-state index is 0.170. The monoisotopic (exact) mass is 432 g/mol. The van der Waals surface area contributed by atoms with E-state index in [0.717, 1.165) is 0 Å². The number of hydrazine groups is 1. The Bertz CT molecular complexity index is 806. The maximum absolute atomic E-state index is 12.6. The standard InChI is InChI=1S/C14H16N4O4S4/c19-12-9-25-14(24)18(12)16-13(23)15-10-1-3-11(4-2-10)26(20,21)17-5-7-22-8-6-17/h1-4H,5-9H2,(H2,15,16,23). The number of thioether (sulfide) groups is 1. The molecule has 0 saturated carbocycles. The first-order chi connectivity index (χ1) is 12.4. The number of nitrogens with zero attached hydrogens (tertiary/aromatic N) is 2. The van der Waals surface area contributed by atoms with Crippen molar-refractivity contribution in [2.45, 2.75) is 4.90 Å². The van der Waals surface area contributed by atoms with Crippen LogP contribution in [0.1, 0.15) is 0 Å². The molecule has 0 bridgehead atoms. The van der Waals surface area contributed by atoms with E-state index in [2.05, 4.69) is 10.7 Å². The number of thiocarbonyl (C=S) groups is 2. The van der Waals surface area contributed by atoms with Gasteiger partial charge in [-0.05, 0) is 36.5 Å². The summed E-state index contributed by atoms with van der Waals surface area (Å²) in [6.45, 7) is 1.48. The highest BCUT2D eigenvalue weighted by molar-refractivity contribution is 8.23. The van der Waals surface area contributed by atoms with Crippen LogP contribution >= 0.6 is 36.2 Å². The largest absolute Gasteiger partial charge is 0.379 e. The minimum Gasteiger partial charge on any atom is -0.379 e. The molecule has 0 spiro atoms. The number of ether oxygens (including phenoxy) is 1. The van der Waals surface area contributed by atoms with Crippen LogP contribution in [-0.2, 0) is 19.6 Å². The molecule has 2 N–H and O–H groups in total. The molecule has 2 heterocycles. The maximum Gasteiger partial charge on any atom is 0.257 e. The zero-order valence-electron chi connectivity index (χ0n) is 13.5. The third-order valence-electron chi connectivity index (χ3n) is 3.68. The Hall–Kier alpha value is -1.31. The van der Waals surface area contributed by atoms with Gasteiger partial charge < -0.3 is 10.1 Å². The van der Waals surface area contributed by atoms with Crippen molar-refractivity contribution in [2.24, 2.45) is 0 Å². The van der Waals surface area contributed by atoms with Gasteiger partial charge in [0, 0.05) is 18.8 Å². The molecule has 0 aromatic heterocycles. The second-order valence-corrected chi connectivity index (χ2v) is 9.35. The summed E-state index contributed by atoms with van der Waals surface area (Å²) in [5.74, 6) is 0.110. The SMILES string of the molecule is O=C1CSC(=S)N1NC(=S)Nc1ccc(S(=O)(=O)N2CCOCC2)cc1. The van der Waals surface area contributed by atoms with E-state index >= 15 is 0 Å². The third kappa shape index (κ3) is 4.32. The molecule has 2 aliphatic rings. The Morgan fingerprint density at radius 3 is 2.42 bits per heavy atom. The molecular weight excluding hydrogens is 416 g/mol. The van der Waals surface area contributed by atoms with Gasteiger partial charge in [-0.3, -0.25) is 10.2 Å². The molecule has 0 aliphatic carbocycles. The van der Waals surface area contributed by atoms with Gasteiger partial charge in [0.15, 0.2) is 9.43 Å². The van der Waals surface area contributed by atoms with Crippen molar-refractivity contribution < 1.29 is 17.9 Å². The van der Waals surface area contributed by atoms with E-state index in [4.69, 9.17) is 29.2 Å². The summed E-state index contributed by atoms with van der Waals surface area (Å²) in [4.78, 5) is 11.9. The predicted octanol–water partition coefficient (Wildman–Crippen LogP) is 0.769. The molecule has 140 valence electrons. The van der Waals surface area contributed by atoms with Crippen molar-refractivity contribution in [2.75, 3.05) is 37.4 Å². The number of sulfonamides is 1. The first-order valence-electron chi connectivity index (χ1n) is 7.63. The summed E-state index contributed by atoms with van der Waals surface area (Å²) in [5, 5.41) is 4.30. The zero-order chi connectivity index (χ0) is 18.7. The molecule has 26 heavy (non-hydrogen) atoms. The van der Waals surface area contributed by atoms with Crippen LogP contribution in [0.5, 0.6) is 0 Å². The van der Waals surface area contributed by atoms with Crippen molar-refractivity contribution in [3.8, 4) is 0 Å². The number of amides is 1. The lowest BCUT2D eigenvalue weighted by atomic mass is 10.3. The number of morpholine rings is 1. The van der Waals surface area contributed by atoms with Crippen LogP contribution in [0.15, 0.2) is 29.2 Å². The van der Waals surface area contributed by atoms with Crippen LogP contribution < -0.4 is 10.7 Å². The van der Waals surface area contributed by atoms with Crippen molar-refractivity contribution in [1.29, 1.82) is 0 Å². The summed E-state index contributed by atoms with van der Waals surface area (Å²) in [7, 11) is -3.54. The Morgan fingerprint density at radius 1 is 1.19 bits per heavy atom. The summed E-state index contributed by atoms with van der Waals surface area (Å²) in [6, 6.07) is 6.24. The van der Waals surface area contributed by atoms with Gasteiger partial charge in [0.2, 0.25) is 10.0 Å². The fourth-order valence-electron chi connectivity index (χ4n) is 2.37. The third-order valence-corrected chi connectivity index (χ3v) is 7.15. The lowest BCUT2D eigenvalue weighted by Crippen LogP contribution is -2.46. The van der Waals surface area contributed by atoms with Crippen LogP contribution in [0.2, 0.25) is 0 Å². The van der Waals surface area contributed by atoms with Gasteiger partial charge in [0.05, 0.1) is 23.9 Å². The molecule has 1 amide bonds. The Labute approximate surface area is 166 Å². The van der Waals surface area contributed by atoms with Gasteiger partial charge >= 0.3 is 0 Å². The van der Waals surface area contributed by atoms with E-state index in [1.165, 1.54) is 33.2 Å². The fourth-order valence-corrected chi connectivity index (χ4v) is 4.96. The molecule has 0 unspecified atom stereocenters. The quantitative estimate of drug-likeness (QED) is 0.670. The van der Waals surface area contributed by atoms with E-state index in [-0.39, 0.29) is 21.7 Å². The lowest BCUT2D eigenvalue weighted by molar-refractivity contribution is -0.125. The summed E-state index contributed by atoms with van der Waals surface area (Å²) in [5.41, 5.74) is 3.32. The molecule has 8 nitrogen and oxygen atoms in total. The van der Waals surface area contributed by atoms with E-state index in [9.17, 15) is 13.2 Å². The molecule has 1 aromatic rings. The molecule has 2 aliphatic heterocycles. The van der Waals surface area contributed by atoms with Crippen LogP contribution in [0, 0.1) is 0 Å². The van der Waals surface area contributed by atoms with E-state index in [0.29, 0.717) is 36.3 Å². The van der Waals surface area contributed by atoms with E-state index in [1.807, 2.05) is 0 Å². The van der Waals surface area contributed by atoms with Gasteiger partial charge in [-0.15, -0.1) is 0 Å². The smallest absolute Gasteiger partial charge is 0.257 e. The van der Waals surface area contributed by atoms with Gasteiger partial charge in [-0.1, -0.05) is 24.0 Å². The number of anilines is 1. The fraction of sp³-hybridized carbons (Fsp3) is 0.357. The second kappa shape index (κ2) is 8.15. The average Bonchev–Trinajstić information content (AvgIpc) is 2.95. The highest BCUT2D eigenvalue weighted by Gasteiger charge is 2.28. The predicted molar refractivity (Wildman–Crippen MR) is 107 cm³/mol. The Morgan fingerprint density at radius 2 is 1.85 bits per heavy atom. The van der Waals surface area contributed by atoms with Gasteiger partial charge in [-0.2, -0.15) is 4.31 Å². The highest BCUT2D eigenvalue weighted by atomic mass is 32.2. The molecule has 3 rings (SSSR count). The topological polar surface area (TPSA) is 91.0 Å². The van der Waals surface area contributed by atoms with E-state index < -0.39 is 10.0 Å². The second-order valence-electron chi connectivity index (χ2n) is 5.39. The Kier molecular flexibility index (Phi) is 6.10. The van der Waals surface area contributed by atoms with Crippen molar-refractivity contribution in [3.63, 3.8) is 0 Å². The first kappa shape index (κ1) is 19.5. The van der Waals surface area contributed by atoms with Crippen molar-refractivity contribution >= 4 is 67.2 Å². The van der Waals surface area contributed by atoms with Crippen LogP contribution in [0.25, 0.3) is 0 Å². The average molecular weight is 433 g/mol. The summed E-state index contributed by atoms with van der Waals surface area (Å²) in [6.07, 6.45) is 0. The summed E-state index contributed by atoms with van der Waals surface area (Å²) < 4.78 is 32.1. The van der Waals surface area contributed by atoms with Gasteiger partial charge in [0.25, 0.3) is 5.91 Å².